The van der Waals surface area contributed by atoms with Gasteiger partial charge < -0.3 is 5.11 Å². The molecule has 0 aromatic rings. The number of imide groups is 1. The summed E-state index contributed by atoms with van der Waals surface area (Å²) in [4.78, 5) is 38.6. The Hall–Kier alpha value is -1.43. The van der Waals surface area contributed by atoms with Crippen LogP contribution in [0.25, 0.3) is 0 Å². The number of hydrogen-bond acceptors (Lipinski definition) is 4. The fraction of sp³-hybridized carbons (Fsp3) is 0.786. The predicted molar refractivity (Wildman–Crippen MR) is 72.0 cm³/mol. The molecule has 0 spiro atoms. The van der Waals surface area contributed by atoms with Crippen LogP contribution in [-0.2, 0) is 14.4 Å². The maximum Gasteiger partial charge on any atom is 0.304 e. The summed E-state index contributed by atoms with van der Waals surface area (Å²) >= 11 is 0. The number of carbonyl (C=O) groups excluding carboxylic acids is 2. The summed E-state index contributed by atoms with van der Waals surface area (Å²) in [7, 11) is 0. The van der Waals surface area contributed by atoms with Crippen LogP contribution in [0, 0.1) is 0 Å². The number of piperidine rings is 1. The smallest absolute Gasteiger partial charge is 0.304 e. The van der Waals surface area contributed by atoms with Crippen molar-refractivity contribution in [2.45, 2.75) is 64.1 Å². The van der Waals surface area contributed by atoms with Crippen molar-refractivity contribution in [3.05, 3.63) is 0 Å². The minimum absolute atomic E-state index is 0.0413. The van der Waals surface area contributed by atoms with E-state index in [9.17, 15) is 14.4 Å². The molecule has 20 heavy (non-hydrogen) atoms. The van der Waals surface area contributed by atoms with E-state index in [0.29, 0.717) is 6.54 Å². The van der Waals surface area contributed by atoms with Gasteiger partial charge in [0.25, 0.3) is 0 Å². The second kappa shape index (κ2) is 5.91. The molecule has 2 unspecified atom stereocenters. The molecule has 6 heteroatoms. The van der Waals surface area contributed by atoms with Crippen LogP contribution in [0.5, 0.6) is 0 Å². The SMILES string of the molecule is CC(C)N1C(=O)CC(N2CCCCC2CC(=O)O)C1=O. The summed E-state index contributed by atoms with van der Waals surface area (Å²) in [5, 5.41) is 9.00. The number of amides is 2. The van der Waals surface area contributed by atoms with E-state index in [-0.39, 0.29) is 36.7 Å². The highest BCUT2D eigenvalue weighted by atomic mass is 16.4. The van der Waals surface area contributed by atoms with E-state index in [1.165, 1.54) is 4.90 Å². The molecule has 2 amide bonds. The molecule has 0 aromatic heterocycles. The van der Waals surface area contributed by atoms with Gasteiger partial charge in [0.2, 0.25) is 11.8 Å². The minimum atomic E-state index is -0.848. The highest BCUT2D eigenvalue weighted by Gasteiger charge is 2.45. The summed E-state index contributed by atoms with van der Waals surface area (Å²) in [6.07, 6.45) is 2.95. The molecule has 1 N–H and O–H groups in total. The van der Waals surface area contributed by atoms with E-state index in [1.807, 2.05) is 18.7 Å². The Morgan fingerprint density at radius 3 is 2.60 bits per heavy atom. The minimum Gasteiger partial charge on any atom is -0.481 e. The Kier molecular flexibility index (Phi) is 4.42. The van der Waals surface area contributed by atoms with Gasteiger partial charge in [-0.25, -0.2) is 0 Å². The zero-order chi connectivity index (χ0) is 14.9. The van der Waals surface area contributed by atoms with Crippen molar-refractivity contribution in [3.63, 3.8) is 0 Å². The summed E-state index contributed by atoms with van der Waals surface area (Å²) in [6.45, 7) is 4.35. The first kappa shape index (κ1) is 15.0. The average molecular weight is 282 g/mol. The molecular formula is C14H22N2O4. The number of nitrogens with zero attached hydrogens (tertiary/aromatic N) is 2. The first-order valence-corrected chi connectivity index (χ1v) is 7.25. The third kappa shape index (κ3) is 2.85. The van der Waals surface area contributed by atoms with Crippen molar-refractivity contribution in [2.75, 3.05) is 6.54 Å². The highest BCUT2D eigenvalue weighted by Crippen LogP contribution is 2.28. The topological polar surface area (TPSA) is 77.9 Å². The molecule has 2 heterocycles. The number of hydrogen-bond donors (Lipinski definition) is 1. The van der Waals surface area contributed by atoms with Gasteiger partial charge in [-0.15, -0.1) is 0 Å². The number of rotatable bonds is 4. The Morgan fingerprint density at radius 2 is 2.05 bits per heavy atom. The van der Waals surface area contributed by atoms with Gasteiger partial charge in [0, 0.05) is 12.1 Å². The molecule has 0 aromatic carbocycles. The van der Waals surface area contributed by atoms with Crippen molar-refractivity contribution in [1.29, 1.82) is 0 Å². The lowest BCUT2D eigenvalue weighted by Crippen LogP contribution is -2.51. The lowest BCUT2D eigenvalue weighted by Gasteiger charge is -2.38. The number of carboxylic acid groups (broad SMARTS) is 1. The number of aliphatic carboxylic acids is 1. The largest absolute Gasteiger partial charge is 0.481 e. The summed E-state index contributed by atoms with van der Waals surface area (Å²) < 4.78 is 0. The van der Waals surface area contributed by atoms with E-state index in [1.54, 1.807) is 0 Å². The number of carbonyl (C=O) groups is 3. The van der Waals surface area contributed by atoms with Gasteiger partial charge in [0.15, 0.2) is 0 Å². The first-order chi connectivity index (χ1) is 9.41. The second-order valence-corrected chi connectivity index (χ2v) is 5.90. The van der Waals surface area contributed by atoms with Gasteiger partial charge in [0.05, 0.1) is 18.9 Å². The van der Waals surface area contributed by atoms with E-state index in [2.05, 4.69) is 0 Å². The monoisotopic (exact) mass is 282 g/mol. The second-order valence-electron chi connectivity index (χ2n) is 5.90. The third-order valence-electron chi connectivity index (χ3n) is 4.16. The summed E-state index contributed by atoms with van der Waals surface area (Å²) in [5.41, 5.74) is 0. The molecular weight excluding hydrogens is 260 g/mol. The van der Waals surface area contributed by atoms with E-state index >= 15 is 0 Å². The Bertz CT molecular complexity index is 421. The molecule has 2 saturated heterocycles. The molecule has 112 valence electrons. The summed E-state index contributed by atoms with van der Waals surface area (Å²) in [5.74, 6) is -1.16. The van der Waals surface area contributed by atoms with E-state index < -0.39 is 12.0 Å². The number of likely N-dealkylation sites (tertiary alicyclic amines) is 2. The van der Waals surface area contributed by atoms with Crippen LogP contribution in [0.3, 0.4) is 0 Å². The quantitative estimate of drug-likeness (QED) is 0.773. The fourth-order valence-electron chi connectivity index (χ4n) is 3.29. The van der Waals surface area contributed by atoms with Gasteiger partial charge in [0.1, 0.15) is 0 Å². The number of carboxylic acids is 1. The van der Waals surface area contributed by atoms with Gasteiger partial charge in [-0.05, 0) is 33.2 Å². The normalized spacial score (nSPS) is 28.4. The van der Waals surface area contributed by atoms with Crippen LogP contribution in [0.4, 0.5) is 0 Å². The van der Waals surface area contributed by atoms with Crippen molar-refractivity contribution in [1.82, 2.24) is 9.80 Å². The molecule has 2 aliphatic heterocycles. The highest BCUT2D eigenvalue weighted by molar-refractivity contribution is 6.05. The van der Waals surface area contributed by atoms with Crippen LogP contribution in [0.15, 0.2) is 0 Å². The predicted octanol–water partition coefficient (Wildman–Crippen LogP) is 0.852. The lowest BCUT2D eigenvalue weighted by atomic mass is 9.96. The molecule has 6 nitrogen and oxygen atoms in total. The molecule has 0 radical (unpaired) electrons. The van der Waals surface area contributed by atoms with Gasteiger partial charge >= 0.3 is 5.97 Å². The van der Waals surface area contributed by atoms with Crippen LogP contribution < -0.4 is 0 Å². The van der Waals surface area contributed by atoms with Crippen molar-refractivity contribution >= 4 is 17.8 Å². The molecule has 0 bridgehead atoms. The van der Waals surface area contributed by atoms with Crippen molar-refractivity contribution in [2.24, 2.45) is 0 Å². The van der Waals surface area contributed by atoms with Gasteiger partial charge in [-0.3, -0.25) is 24.2 Å². The molecule has 2 fully saturated rings. The van der Waals surface area contributed by atoms with Gasteiger partial charge in [-0.1, -0.05) is 6.42 Å². The Labute approximate surface area is 118 Å². The Morgan fingerprint density at radius 1 is 1.35 bits per heavy atom. The van der Waals surface area contributed by atoms with Crippen molar-refractivity contribution in [3.8, 4) is 0 Å². The maximum absolute atomic E-state index is 12.4. The van der Waals surface area contributed by atoms with Crippen LogP contribution >= 0.6 is 0 Å². The Balaban J connectivity index is 2.14. The van der Waals surface area contributed by atoms with Crippen LogP contribution in [0.1, 0.15) is 46.0 Å². The van der Waals surface area contributed by atoms with Crippen LogP contribution in [0.2, 0.25) is 0 Å². The molecule has 2 rings (SSSR count). The lowest BCUT2D eigenvalue weighted by molar-refractivity contribution is -0.144. The maximum atomic E-state index is 12.4. The van der Waals surface area contributed by atoms with Crippen molar-refractivity contribution < 1.29 is 19.5 Å². The zero-order valence-corrected chi connectivity index (χ0v) is 12.0. The molecule has 0 aliphatic carbocycles. The van der Waals surface area contributed by atoms with Crippen LogP contribution in [-0.4, -0.2) is 57.4 Å². The molecule has 2 atom stereocenters. The van der Waals surface area contributed by atoms with Gasteiger partial charge in [-0.2, -0.15) is 0 Å². The fourth-order valence-corrected chi connectivity index (χ4v) is 3.29. The summed E-state index contributed by atoms with van der Waals surface area (Å²) in [6, 6.07) is -0.729. The first-order valence-electron chi connectivity index (χ1n) is 7.25. The van der Waals surface area contributed by atoms with E-state index in [4.69, 9.17) is 5.11 Å². The third-order valence-corrected chi connectivity index (χ3v) is 4.16. The molecule has 0 saturated carbocycles. The van der Waals surface area contributed by atoms with E-state index in [0.717, 1.165) is 19.3 Å². The average Bonchev–Trinajstić information content (AvgIpc) is 2.64. The standard InChI is InChI=1S/C14H22N2O4/c1-9(2)16-12(17)8-11(14(16)20)15-6-4-3-5-10(15)7-13(18)19/h9-11H,3-8H2,1-2H3,(H,18,19). The molecule has 2 aliphatic rings. The zero-order valence-electron chi connectivity index (χ0n) is 12.0.